The fraction of sp³-hybridized carbons (Fsp3) is 0.429. The van der Waals surface area contributed by atoms with Gasteiger partial charge in [0.15, 0.2) is 0 Å². The van der Waals surface area contributed by atoms with Crippen LogP contribution in [0, 0.1) is 0 Å². The minimum atomic E-state index is -4.41. The Kier molecular flexibility index (Phi) is 7.05. The average molecular weight is 424 g/mol. The molecule has 1 heterocycles. The topological polar surface area (TPSA) is 51.2 Å². The number of nitrogens with one attached hydrogen (secondary N) is 1. The van der Waals surface area contributed by atoms with E-state index in [0.717, 1.165) is 35.8 Å². The van der Waals surface area contributed by atoms with Gasteiger partial charge in [-0.3, -0.25) is 4.79 Å². The lowest BCUT2D eigenvalue weighted by Gasteiger charge is -2.29. The molecule has 8 heteroatoms. The fourth-order valence-corrected chi connectivity index (χ4v) is 4.11. The van der Waals surface area contributed by atoms with Crippen molar-refractivity contribution in [3.05, 3.63) is 53.7 Å². The number of amides is 1. The predicted molar refractivity (Wildman–Crippen MR) is 106 cm³/mol. The average Bonchev–Trinajstić information content (AvgIpc) is 2.70. The zero-order chi connectivity index (χ0) is 20.9. The van der Waals surface area contributed by atoms with Gasteiger partial charge in [-0.05, 0) is 49.6 Å². The first-order valence-corrected chi connectivity index (χ1v) is 10.6. The molecule has 1 aromatic heterocycles. The minimum Gasteiger partial charge on any atom is -0.474 e. The van der Waals surface area contributed by atoms with Crippen LogP contribution in [0.15, 0.2) is 47.5 Å². The van der Waals surface area contributed by atoms with Crippen molar-refractivity contribution in [1.29, 1.82) is 0 Å². The molecule has 1 amide bonds. The van der Waals surface area contributed by atoms with Crippen molar-refractivity contribution < 1.29 is 22.7 Å². The zero-order valence-corrected chi connectivity index (χ0v) is 16.9. The van der Waals surface area contributed by atoms with Crippen molar-refractivity contribution in [3.8, 4) is 5.88 Å². The maximum atomic E-state index is 12.6. The molecule has 1 N–H and O–H groups in total. The van der Waals surface area contributed by atoms with Gasteiger partial charge in [-0.2, -0.15) is 13.2 Å². The molecule has 2 aromatic rings. The summed E-state index contributed by atoms with van der Waals surface area (Å²) in [5, 5.41) is 3.09. The number of alkyl halides is 3. The van der Waals surface area contributed by atoms with Gasteiger partial charge in [0.1, 0.15) is 6.10 Å². The van der Waals surface area contributed by atoms with Gasteiger partial charge in [-0.25, -0.2) is 4.98 Å². The number of thioether (sulfide) groups is 1. The van der Waals surface area contributed by atoms with Crippen molar-refractivity contribution in [1.82, 2.24) is 10.3 Å². The first kappa shape index (κ1) is 21.5. The van der Waals surface area contributed by atoms with Gasteiger partial charge in [0.25, 0.3) is 5.91 Å². The van der Waals surface area contributed by atoms with E-state index in [-0.39, 0.29) is 23.9 Å². The highest BCUT2D eigenvalue weighted by molar-refractivity contribution is 7.99. The number of pyridine rings is 1. The lowest BCUT2D eigenvalue weighted by Crippen LogP contribution is -2.39. The van der Waals surface area contributed by atoms with Gasteiger partial charge >= 0.3 is 6.18 Å². The second-order valence-corrected chi connectivity index (χ2v) is 8.18. The maximum absolute atomic E-state index is 12.6. The first-order valence-electron chi connectivity index (χ1n) is 9.59. The van der Waals surface area contributed by atoms with Crippen LogP contribution < -0.4 is 10.1 Å². The van der Waals surface area contributed by atoms with E-state index in [2.05, 4.69) is 10.3 Å². The second-order valence-electron chi connectivity index (χ2n) is 6.88. The number of rotatable bonds is 6. The highest BCUT2D eigenvalue weighted by atomic mass is 32.2. The highest BCUT2D eigenvalue weighted by Crippen LogP contribution is 2.30. The van der Waals surface area contributed by atoms with Crippen LogP contribution in [0.4, 0.5) is 13.2 Å². The molecule has 1 aromatic carbocycles. The molecular weight excluding hydrogens is 401 g/mol. The summed E-state index contributed by atoms with van der Waals surface area (Å²) in [7, 11) is 0. The molecule has 3 rings (SSSR count). The quantitative estimate of drug-likeness (QED) is 0.637. The molecular formula is C21H23F3N2O2S. The zero-order valence-electron chi connectivity index (χ0n) is 16.0. The third-order valence-electron chi connectivity index (χ3n) is 4.79. The molecule has 0 radical (unpaired) electrons. The smallest absolute Gasteiger partial charge is 0.417 e. The SMILES string of the molecule is CCSc1ccccc1C(=O)NC1CCC(Oc2ccc(C(F)(F)F)cn2)CC1. The van der Waals surface area contributed by atoms with E-state index >= 15 is 0 Å². The van der Waals surface area contributed by atoms with Gasteiger partial charge < -0.3 is 10.1 Å². The number of hydrogen-bond acceptors (Lipinski definition) is 4. The lowest BCUT2D eigenvalue weighted by molar-refractivity contribution is -0.137. The summed E-state index contributed by atoms with van der Waals surface area (Å²) in [5.74, 6) is 1.01. The standard InChI is InChI=1S/C21H23F3N2O2S/c1-2-29-18-6-4-3-5-17(18)20(27)26-15-8-10-16(11-9-15)28-19-12-7-14(13-25-19)21(22,23)24/h3-7,12-13,15-16H,2,8-11H2,1H3,(H,26,27). The Morgan fingerprint density at radius 2 is 1.90 bits per heavy atom. The van der Waals surface area contributed by atoms with Crippen molar-refractivity contribution in [3.63, 3.8) is 0 Å². The van der Waals surface area contributed by atoms with Gasteiger partial charge in [0.2, 0.25) is 5.88 Å². The normalized spacial score (nSPS) is 19.6. The highest BCUT2D eigenvalue weighted by Gasteiger charge is 2.31. The molecule has 1 aliphatic rings. The molecule has 156 valence electrons. The summed E-state index contributed by atoms with van der Waals surface area (Å²) in [5.41, 5.74) is -0.107. The number of benzene rings is 1. The largest absolute Gasteiger partial charge is 0.474 e. The molecule has 1 aliphatic carbocycles. The van der Waals surface area contributed by atoms with E-state index in [1.807, 2.05) is 31.2 Å². The Bertz CT molecular complexity index is 819. The van der Waals surface area contributed by atoms with Crippen LogP contribution in [0.5, 0.6) is 5.88 Å². The van der Waals surface area contributed by atoms with Crippen LogP contribution >= 0.6 is 11.8 Å². The molecule has 0 bridgehead atoms. The third kappa shape index (κ3) is 5.88. The maximum Gasteiger partial charge on any atom is 0.417 e. The number of halogens is 3. The third-order valence-corrected chi connectivity index (χ3v) is 5.75. The number of carbonyl (C=O) groups excluding carboxylic acids is 1. The van der Waals surface area contributed by atoms with Crippen LogP contribution in [-0.2, 0) is 6.18 Å². The predicted octanol–water partition coefficient (Wildman–Crippen LogP) is 5.33. The molecule has 4 nitrogen and oxygen atoms in total. The molecule has 1 fully saturated rings. The number of hydrogen-bond donors (Lipinski definition) is 1. The summed E-state index contributed by atoms with van der Waals surface area (Å²) in [6, 6.07) is 9.84. The molecule has 29 heavy (non-hydrogen) atoms. The molecule has 1 saturated carbocycles. The van der Waals surface area contributed by atoms with Crippen molar-refractivity contribution in [2.75, 3.05) is 5.75 Å². The van der Waals surface area contributed by atoms with Crippen molar-refractivity contribution >= 4 is 17.7 Å². The summed E-state index contributed by atoms with van der Waals surface area (Å²) in [4.78, 5) is 17.4. The van der Waals surface area contributed by atoms with Crippen LogP contribution in [0.3, 0.4) is 0 Å². The van der Waals surface area contributed by atoms with Crippen LogP contribution in [0.1, 0.15) is 48.5 Å². The van der Waals surface area contributed by atoms with E-state index in [0.29, 0.717) is 18.4 Å². The minimum absolute atomic E-state index is 0.0580. The van der Waals surface area contributed by atoms with Crippen LogP contribution in [0.2, 0.25) is 0 Å². The molecule has 0 saturated heterocycles. The first-order chi connectivity index (χ1) is 13.9. The van der Waals surface area contributed by atoms with Crippen LogP contribution in [0.25, 0.3) is 0 Å². The van der Waals surface area contributed by atoms with Crippen molar-refractivity contribution in [2.45, 2.75) is 55.8 Å². The molecule has 0 unspecified atom stereocenters. The molecule has 0 atom stereocenters. The van der Waals surface area contributed by atoms with Gasteiger partial charge in [-0.15, -0.1) is 11.8 Å². The second kappa shape index (κ2) is 9.52. The number of ether oxygens (including phenoxy) is 1. The van der Waals surface area contributed by atoms with Crippen LogP contribution in [-0.4, -0.2) is 28.8 Å². The van der Waals surface area contributed by atoms with Gasteiger partial charge in [0.05, 0.1) is 11.1 Å². The van der Waals surface area contributed by atoms with Gasteiger partial charge in [-0.1, -0.05) is 19.1 Å². The Balaban J connectivity index is 1.50. The molecule has 0 aliphatic heterocycles. The van der Waals surface area contributed by atoms with E-state index in [4.69, 9.17) is 4.74 Å². The lowest BCUT2D eigenvalue weighted by atomic mass is 9.92. The summed E-state index contributed by atoms with van der Waals surface area (Å²) in [6.07, 6.45) is -0.823. The monoisotopic (exact) mass is 424 g/mol. The summed E-state index contributed by atoms with van der Waals surface area (Å²) in [6.45, 7) is 2.05. The Morgan fingerprint density at radius 3 is 2.52 bits per heavy atom. The number of carbonyl (C=O) groups is 1. The van der Waals surface area contributed by atoms with E-state index in [9.17, 15) is 18.0 Å². The van der Waals surface area contributed by atoms with E-state index < -0.39 is 11.7 Å². The Morgan fingerprint density at radius 1 is 1.17 bits per heavy atom. The van der Waals surface area contributed by atoms with E-state index in [1.165, 1.54) is 6.07 Å². The fourth-order valence-electron chi connectivity index (χ4n) is 3.31. The molecule has 0 spiro atoms. The summed E-state index contributed by atoms with van der Waals surface area (Å²) < 4.78 is 43.5. The van der Waals surface area contributed by atoms with Crippen molar-refractivity contribution in [2.24, 2.45) is 0 Å². The Hall–Kier alpha value is -2.22. The number of aromatic nitrogens is 1. The Labute approximate surface area is 172 Å². The van der Waals surface area contributed by atoms with Gasteiger partial charge in [0, 0.05) is 23.2 Å². The van der Waals surface area contributed by atoms with E-state index in [1.54, 1.807) is 11.8 Å². The number of nitrogens with zero attached hydrogens (tertiary/aromatic N) is 1. The summed E-state index contributed by atoms with van der Waals surface area (Å²) >= 11 is 1.64.